The lowest BCUT2D eigenvalue weighted by Gasteiger charge is -2.22. The van der Waals surface area contributed by atoms with Crippen molar-refractivity contribution in [3.05, 3.63) is 58.6 Å². The normalized spacial score (nSPS) is 15.3. The molecule has 7 heteroatoms. The summed E-state index contributed by atoms with van der Waals surface area (Å²) in [6.07, 6.45) is 3.57. The van der Waals surface area contributed by atoms with Crippen molar-refractivity contribution in [2.45, 2.75) is 19.4 Å². The predicted molar refractivity (Wildman–Crippen MR) is 112 cm³/mol. The van der Waals surface area contributed by atoms with Crippen LogP contribution in [0.5, 0.6) is 11.5 Å². The Morgan fingerprint density at radius 2 is 1.97 bits per heavy atom. The highest BCUT2D eigenvalue weighted by Gasteiger charge is 2.30. The second-order valence-electron chi connectivity index (χ2n) is 6.62. The number of para-hydroxylation sites is 1. The van der Waals surface area contributed by atoms with Crippen LogP contribution in [0.1, 0.15) is 18.1 Å². The Bertz CT molecular complexity index is 956. The van der Waals surface area contributed by atoms with Crippen molar-refractivity contribution in [2.24, 2.45) is 0 Å². The summed E-state index contributed by atoms with van der Waals surface area (Å²) in [5, 5.41) is 0.358. The van der Waals surface area contributed by atoms with Crippen LogP contribution in [0.25, 0.3) is 6.08 Å². The molecule has 2 aromatic rings. The molecular formula is C22H22ClNO5. The third kappa shape index (κ3) is 4.54. The molecule has 6 nitrogen and oxygen atoms in total. The lowest BCUT2D eigenvalue weighted by molar-refractivity contribution is -0.143. The first-order valence-corrected chi connectivity index (χ1v) is 9.48. The largest absolute Gasteiger partial charge is 0.493 e. The molecule has 0 aromatic heterocycles. The number of rotatable bonds is 6. The van der Waals surface area contributed by atoms with Crippen LogP contribution in [0.15, 0.2) is 42.5 Å². The molecule has 152 valence electrons. The zero-order valence-corrected chi connectivity index (χ0v) is 17.2. The Hall–Kier alpha value is -2.99. The molecule has 0 fully saturated rings. The van der Waals surface area contributed by atoms with Gasteiger partial charge in [-0.05, 0) is 48.7 Å². The van der Waals surface area contributed by atoms with Gasteiger partial charge in [0.15, 0.2) is 18.1 Å². The highest BCUT2D eigenvalue weighted by molar-refractivity contribution is 6.32. The third-order valence-electron chi connectivity index (χ3n) is 4.68. The Morgan fingerprint density at radius 1 is 1.21 bits per heavy atom. The lowest BCUT2D eigenvalue weighted by Crippen LogP contribution is -2.38. The number of carbonyl (C=O) groups is 2. The van der Waals surface area contributed by atoms with E-state index in [9.17, 15) is 9.59 Å². The highest BCUT2D eigenvalue weighted by atomic mass is 35.5. The van der Waals surface area contributed by atoms with Crippen LogP contribution in [-0.4, -0.2) is 38.7 Å². The fourth-order valence-electron chi connectivity index (χ4n) is 3.39. The molecule has 1 heterocycles. The summed E-state index contributed by atoms with van der Waals surface area (Å²) in [5.74, 6) is -0.00728. The van der Waals surface area contributed by atoms with Gasteiger partial charge in [0.1, 0.15) is 0 Å². The SMILES string of the molecule is COc1cc(C=CC(=O)OCC(=O)N2c3ccccc3CC2C)cc(Cl)c1OC. The van der Waals surface area contributed by atoms with Gasteiger partial charge in [-0.15, -0.1) is 0 Å². The second kappa shape index (κ2) is 9.01. The first-order valence-electron chi connectivity index (χ1n) is 9.11. The smallest absolute Gasteiger partial charge is 0.331 e. The number of nitrogens with zero attached hydrogens (tertiary/aromatic N) is 1. The predicted octanol–water partition coefficient (Wildman–Crippen LogP) is 3.89. The van der Waals surface area contributed by atoms with Crippen molar-refractivity contribution in [3.63, 3.8) is 0 Å². The summed E-state index contributed by atoms with van der Waals surface area (Å²) in [4.78, 5) is 26.3. The molecule has 1 amide bonds. The fraction of sp³-hybridized carbons (Fsp3) is 0.273. The van der Waals surface area contributed by atoms with E-state index in [-0.39, 0.29) is 18.6 Å². The molecule has 3 rings (SSSR count). The van der Waals surface area contributed by atoms with E-state index in [1.807, 2.05) is 31.2 Å². The average molecular weight is 416 g/mol. The molecule has 0 saturated heterocycles. The summed E-state index contributed by atoms with van der Waals surface area (Å²) in [6.45, 7) is 1.65. The van der Waals surface area contributed by atoms with Crippen LogP contribution >= 0.6 is 11.6 Å². The van der Waals surface area contributed by atoms with Crippen LogP contribution in [0, 0.1) is 0 Å². The Balaban J connectivity index is 1.62. The maximum atomic E-state index is 12.6. The van der Waals surface area contributed by atoms with Gasteiger partial charge in [0.25, 0.3) is 5.91 Å². The van der Waals surface area contributed by atoms with Crippen LogP contribution in [0.2, 0.25) is 5.02 Å². The molecule has 2 aromatic carbocycles. The van der Waals surface area contributed by atoms with Gasteiger partial charge in [-0.2, -0.15) is 0 Å². The van der Waals surface area contributed by atoms with E-state index in [4.69, 9.17) is 25.8 Å². The van der Waals surface area contributed by atoms with Gasteiger partial charge in [-0.1, -0.05) is 29.8 Å². The van der Waals surface area contributed by atoms with Gasteiger partial charge in [-0.3, -0.25) is 4.79 Å². The van der Waals surface area contributed by atoms with Crippen LogP contribution < -0.4 is 14.4 Å². The zero-order valence-electron chi connectivity index (χ0n) is 16.5. The number of fused-ring (bicyclic) bond motifs is 1. The van der Waals surface area contributed by atoms with Crippen molar-refractivity contribution in [2.75, 3.05) is 25.7 Å². The van der Waals surface area contributed by atoms with E-state index in [0.717, 1.165) is 17.7 Å². The van der Waals surface area contributed by atoms with Crippen LogP contribution in [0.3, 0.4) is 0 Å². The maximum Gasteiger partial charge on any atom is 0.331 e. The van der Waals surface area contributed by atoms with Crippen LogP contribution in [0.4, 0.5) is 5.69 Å². The first kappa shape index (κ1) is 20.7. The van der Waals surface area contributed by atoms with Gasteiger partial charge in [-0.25, -0.2) is 4.79 Å². The van der Waals surface area contributed by atoms with E-state index >= 15 is 0 Å². The minimum Gasteiger partial charge on any atom is -0.493 e. The monoisotopic (exact) mass is 415 g/mol. The molecule has 0 spiro atoms. The number of esters is 1. The van der Waals surface area contributed by atoms with Crippen molar-refractivity contribution in [1.82, 2.24) is 0 Å². The maximum absolute atomic E-state index is 12.6. The van der Waals surface area contributed by atoms with Crippen molar-refractivity contribution < 1.29 is 23.8 Å². The summed E-state index contributed by atoms with van der Waals surface area (Å²) in [7, 11) is 2.99. The minimum absolute atomic E-state index is 0.0306. The molecule has 0 radical (unpaired) electrons. The standard InChI is InChI=1S/C22H22ClNO5/c1-14-10-16-6-4-5-7-18(16)24(14)20(25)13-29-21(26)9-8-15-11-17(23)22(28-3)19(12-15)27-2/h4-9,11-12,14H,10,13H2,1-3H3. The van der Waals surface area contributed by atoms with E-state index in [0.29, 0.717) is 22.1 Å². The molecule has 0 N–H and O–H groups in total. The number of amides is 1. The number of hydrogen-bond donors (Lipinski definition) is 0. The van der Waals surface area contributed by atoms with E-state index in [1.54, 1.807) is 17.0 Å². The topological polar surface area (TPSA) is 65.1 Å². The quantitative estimate of drug-likeness (QED) is 0.529. The number of methoxy groups -OCH3 is 2. The van der Waals surface area contributed by atoms with Crippen molar-refractivity contribution >= 4 is 35.2 Å². The minimum atomic E-state index is -0.621. The molecule has 0 bridgehead atoms. The molecule has 0 saturated carbocycles. The molecule has 1 aliphatic heterocycles. The molecular weight excluding hydrogens is 394 g/mol. The number of benzene rings is 2. The van der Waals surface area contributed by atoms with Crippen LogP contribution in [-0.2, 0) is 20.7 Å². The summed E-state index contributed by atoms with van der Waals surface area (Å²) in [6, 6.07) is 11.1. The number of anilines is 1. The van der Waals surface area contributed by atoms with E-state index in [2.05, 4.69) is 0 Å². The lowest BCUT2D eigenvalue weighted by atomic mass is 10.1. The second-order valence-corrected chi connectivity index (χ2v) is 7.03. The summed E-state index contributed by atoms with van der Waals surface area (Å²) in [5.41, 5.74) is 2.62. The van der Waals surface area contributed by atoms with Gasteiger partial charge in [0.05, 0.1) is 19.2 Å². The molecule has 1 atom stereocenters. The molecule has 29 heavy (non-hydrogen) atoms. The Kier molecular flexibility index (Phi) is 6.44. The number of halogens is 1. The Morgan fingerprint density at radius 3 is 2.69 bits per heavy atom. The zero-order chi connectivity index (χ0) is 21.0. The number of carbonyl (C=O) groups excluding carboxylic acids is 2. The first-order chi connectivity index (χ1) is 13.9. The number of hydrogen-bond acceptors (Lipinski definition) is 5. The Labute approximate surface area is 174 Å². The molecule has 0 aliphatic carbocycles. The molecule has 1 aliphatic rings. The van der Waals surface area contributed by atoms with Gasteiger partial charge in [0, 0.05) is 17.8 Å². The average Bonchev–Trinajstić information content (AvgIpc) is 3.05. The van der Waals surface area contributed by atoms with Crippen molar-refractivity contribution in [1.29, 1.82) is 0 Å². The van der Waals surface area contributed by atoms with Gasteiger partial charge in [0.2, 0.25) is 0 Å². The van der Waals surface area contributed by atoms with Crippen molar-refractivity contribution in [3.8, 4) is 11.5 Å². The highest BCUT2D eigenvalue weighted by Crippen LogP contribution is 2.36. The van der Waals surface area contributed by atoms with Gasteiger partial charge >= 0.3 is 5.97 Å². The van der Waals surface area contributed by atoms with E-state index in [1.165, 1.54) is 26.4 Å². The number of ether oxygens (including phenoxy) is 3. The summed E-state index contributed by atoms with van der Waals surface area (Å²) >= 11 is 6.15. The molecule has 1 unspecified atom stereocenters. The third-order valence-corrected chi connectivity index (χ3v) is 4.96. The fourth-order valence-corrected chi connectivity index (χ4v) is 3.69. The summed E-state index contributed by atoms with van der Waals surface area (Å²) < 4.78 is 15.5. The van der Waals surface area contributed by atoms with Gasteiger partial charge < -0.3 is 19.1 Å². The van der Waals surface area contributed by atoms with E-state index < -0.39 is 5.97 Å².